The number of carbonyl (C=O) groups excluding carboxylic acids is 1. The number of carbonyl (C=O) groups is 1. The number of hydrazone groups is 1. The number of halogens is 1. The molecule has 0 aromatic heterocycles. The topological polar surface area (TPSA) is 50.7 Å². The Kier molecular flexibility index (Phi) is 5.55. The van der Waals surface area contributed by atoms with Gasteiger partial charge in [-0.2, -0.15) is 5.10 Å². The molecule has 0 saturated carbocycles. The summed E-state index contributed by atoms with van der Waals surface area (Å²) in [4.78, 5) is 11.9. The second-order valence-electron chi connectivity index (χ2n) is 4.86. The number of nitrogens with zero attached hydrogens (tertiary/aromatic N) is 1. The minimum absolute atomic E-state index is 0.313. The highest BCUT2D eigenvalue weighted by atomic mass is 35.5. The second kappa shape index (κ2) is 7.61. The maximum atomic E-state index is 11.9. The van der Waals surface area contributed by atoms with E-state index in [4.69, 9.17) is 16.3 Å². The van der Waals surface area contributed by atoms with Crippen molar-refractivity contribution in [3.8, 4) is 5.75 Å². The van der Waals surface area contributed by atoms with Crippen LogP contribution in [0, 0.1) is 6.92 Å². The first-order valence-electron chi connectivity index (χ1n) is 6.86. The zero-order chi connectivity index (χ0) is 15.9. The van der Waals surface area contributed by atoms with Gasteiger partial charge in [-0.05, 0) is 49.2 Å². The summed E-state index contributed by atoms with van der Waals surface area (Å²) in [6.45, 7) is 3.64. The lowest BCUT2D eigenvalue weighted by Crippen LogP contribution is -2.33. The number of benzene rings is 2. The van der Waals surface area contributed by atoms with E-state index >= 15 is 0 Å². The van der Waals surface area contributed by atoms with E-state index in [0.29, 0.717) is 10.8 Å². The highest BCUT2D eigenvalue weighted by Gasteiger charge is 2.13. The molecule has 0 spiro atoms. The van der Waals surface area contributed by atoms with Gasteiger partial charge in [0.15, 0.2) is 6.10 Å². The normalized spacial score (nSPS) is 12.1. The van der Waals surface area contributed by atoms with Gasteiger partial charge in [-0.25, -0.2) is 5.43 Å². The molecule has 0 bridgehead atoms. The molecule has 0 aliphatic rings. The third-order valence-corrected chi connectivity index (χ3v) is 3.18. The highest BCUT2D eigenvalue weighted by molar-refractivity contribution is 6.30. The molecule has 0 aliphatic heterocycles. The van der Waals surface area contributed by atoms with Gasteiger partial charge in [-0.15, -0.1) is 0 Å². The molecule has 0 heterocycles. The third kappa shape index (κ3) is 4.90. The third-order valence-electron chi connectivity index (χ3n) is 2.93. The fourth-order valence-corrected chi connectivity index (χ4v) is 1.88. The monoisotopic (exact) mass is 316 g/mol. The molecular formula is C17H17ClN2O2. The Balaban J connectivity index is 1.87. The van der Waals surface area contributed by atoms with Crippen molar-refractivity contribution < 1.29 is 9.53 Å². The molecule has 0 radical (unpaired) electrons. The van der Waals surface area contributed by atoms with Crippen LogP contribution in [0.5, 0.6) is 5.75 Å². The van der Waals surface area contributed by atoms with E-state index in [1.807, 2.05) is 43.3 Å². The molecule has 2 aromatic rings. The molecule has 0 fully saturated rings. The largest absolute Gasteiger partial charge is 0.481 e. The molecule has 2 aromatic carbocycles. The zero-order valence-electron chi connectivity index (χ0n) is 12.4. The number of hydrogen-bond acceptors (Lipinski definition) is 3. The molecule has 1 N–H and O–H groups in total. The number of ether oxygens (including phenoxy) is 1. The van der Waals surface area contributed by atoms with Gasteiger partial charge in [0.2, 0.25) is 0 Å². The number of hydrogen-bond donors (Lipinski definition) is 1. The fraction of sp³-hybridized carbons (Fsp3) is 0.176. The summed E-state index contributed by atoms with van der Waals surface area (Å²) < 4.78 is 5.57. The van der Waals surface area contributed by atoms with Crippen molar-refractivity contribution in [2.45, 2.75) is 20.0 Å². The van der Waals surface area contributed by atoms with Crippen molar-refractivity contribution in [1.29, 1.82) is 0 Å². The Morgan fingerprint density at radius 2 is 2.00 bits per heavy atom. The van der Waals surface area contributed by atoms with Crippen molar-refractivity contribution in [3.63, 3.8) is 0 Å². The Morgan fingerprint density at radius 3 is 2.68 bits per heavy atom. The SMILES string of the molecule is Cc1cccc(OC(C)C(=O)N/N=C/c2ccc(Cl)cc2)c1. The molecule has 4 nitrogen and oxygen atoms in total. The summed E-state index contributed by atoms with van der Waals surface area (Å²) in [5, 5.41) is 4.56. The van der Waals surface area contributed by atoms with E-state index in [2.05, 4.69) is 10.5 Å². The van der Waals surface area contributed by atoms with Crippen LogP contribution in [0.1, 0.15) is 18.1 Å². The highest BCUT2D eigenvalue weighted by Crippen LogP contribution is 2.14. The molecule has 5 heteroatoms. The summed E-state index contributed by atoms with van der Waals surface area (Å²) in [7, 11) is 0. The number of nitrogens with one attached hydrogen (secondary N) is 1. The Morgan fingerprint density at radius 1 is 1.27 bits per heavy atom. The van der Waals surface area contributed by atoms with Gasteiger partial charge in [-0.1, -0.05) is 35.9 Å². The Bertz CT molecular complexity index is 669. The summed E-state index contributed by atoms with van der Waals surface area (Å²) in [5.41, 5.74) is 4.37. The van der Waals surface area contributed by atoms with Crippen LogP contribution < -0.4 is 10.2 Å². The quantitative estimate of drug-likeness (QED) is 0.677. The average Bonchev–Trinajstić information content (AvgIpc) is 2.49. The van der Waals surface area contributed by atoms with Crippen LogP contribution in [0.25, 0.3) is 0 Å². The molecule has 114 valence electrons. The van der Waals surface area contributed by atoms with Crippen LogP contribution in [0.4, 0.5) is 0 Å². The Labute approximate surface area is 134 Å². The molecule has 2 rings (SSSR count). The summed E-state index contributed by atoms with van der Waals surface area (Å²) in [6, 6.07) is 14.7. The van der Waals surface area contributed by atoms with E-state index in [-0.39, 0.29) is 5.91 Å². The van der Waals surface area contributed by atoms with Crippen LogP contribution in [0.2, 0.25) is 5.02 Å². The van der Waals surface area contributed by atoms with Gasteiger partial charge < -0.3 is 4.74 Å². The average molecular weight is 317 g/mol. The summed E-state index contributed by atoms with van der Waals surface area (Å²) >= 11 is 5.80. The van der Waals surface area contributed by atoms with Gasteiger partial charge in [0.25, 0.3) is 5.91 Å². The zero-order valence-corrected chi connectivity index (χ0v) is 13.2. The first-order valence-corrected chi connectivity index (χ1v) is 7.24. The smallest absolute Gasteiger partial charge is 0.280 e. The molecular weight excluding hydrogens is 300 g/mol. The fourth-order valence-electron chi connectivity index (χ4n) is 1.76. The van der Waals surface area contributed by atoms with Gasteiger partial charge >= 0.3 is 0 Å². The Hall–Kier alpha value is -2.33. The molecule has 0 aliphatic carbocycles. The predicted octanol–water partition coefficient (Wildman–Crippen LogP) is 3.57. The number of amides is 1. The summed E-state index contributed by atoms with van der Waals surface area (Å²) in [5.74, 6) is 0.344. The van der Waals surface area contributed by atoms with E-state index in [1.165, 1.54) is 0 Å². The van der Waals surface area contributed by atoms with Crippen LogP contribution in [0.15, 0.2) is 53.6 Å². The first kappa shape index (κ1) is 16.0. The van der Waals surface area contributed by atoms with Crippen molar-refractivity contribution in [1.82, 2.24) is 5.43 Å². The lowest BCUT2D eigenvalue weighted by Gasteiger charge is -2.13. The van der Waals surface area contributed by atoms with Gasteiger partial charge in [-0.3, -0.25) is 4.79 Å². The van der Waals surface area contributed by atoms with Crippen molar-refractivity contribution in [2.75, 3.05) is 0 Å². The molecule has 1 atom stereocenters. The van der Waals surface area contributed by atoms with Gasteiger partial charge in [0, 0.05) is 5.02 Å². The van der Waals surface area contributed by atoms with Gasteiger partial charge in [0.1, 0.15) is 5.75 Å². The molecule has 1 amide bonds. The number of aryl methyl sites for hydroxylation is 1. The maximum Gasteiger partial charge on any atom is 0.280 e. The van der Waals surface area contributed by atoms with Crippen molar-refractivity contribution >= 4 is 23.7 Å². The van der Waals surface area contributed by atoms with Crippen LogP contribution >= 0.6 is 11.6 Å². The first-order chi connectivity index (χ1) is 10.5. The lowest BCUT2D eigenvalue weighted by atomic mass is 10.2. The van der Waals surface area contributed by atoms with Gasteiger partial charge in [0.05, 0.1) is 6.21 Å². The van der Waals surface area contributed by atoms with E-state index in [9.17, 15) is 4.79 Å². The minimum atomic E-state index is -0.635. The predicted molar refractivity (Wildman–Crippen MR) is 88.5 cm³/mol. The van der Waals surface area contributed by atoms with E-state index in [0.717, 1.165) is 11.1 Å². The maximum absolute atomic E-state index is 11.9. The van der Waals surface area contributed by atoms with Crippen molar-refractivity contribution in [3.05, 3.63) is 64.7 Å². The lowest BCUT2D eigenvalue weighted by molar-refractivity contribution is -0.127. The molecule has 0 saturated heterocycles. The molecule has 22 heavy (non-hydrogen) atoms. The van der Waals surface area contributed by atoms with E-state index in [1.54, 1.807) is 25.3 Å². The molecule has 1 unspecified atom stereocenters. The van der Waals surface area contributed by atoms with Crippen LogP contribution in [-0.2, 0) is 4.79 Å². The summed E-state index contributed by atoms with van der Waals surface area (Å²) in [6.07, 6.45) is 0.914. The minimum Gasteiger partial charge on any atom is -0.481 e. The van der Waals surface area contributed by atoms with Crippen molar-refractivity contribution in [2.24, 2.45) is 5.10 Å². The number of rotatable bonds is 5. The van der Waals surface area contributed by atoms with Crippen LogP contribution in [-0.4, -0.2) is 18.2 Å². The second-order valence-corrected chi connectivity index (χ2v) is 5.30. The van der Waals surface area contributed by atoms with Crippen LogP contribution in [0.3, 0.4) is 0 Å². The van der Waals surface area contributed by atoms with E-state index < -0.39 is 6.10 Å². The standard InChI is InChI=1S/C17H17ClN2O2/c1-12-4-3-5-16(10-12)22-13(2)17(21)20-19-11-14-6-8-15(18)9-7-14/h3-11,13H,1-2H3,(H,20,21)/b19-11+.